The maximum Gasteiger partial charge on any atom is 0.125 e. The molecular formula is C11H16O3. The minimum Gasteiger partial charge on any atom is -0.496 e. The molecular weight excluding hydrogens is 180 g/mol. The molecule has 0 bridgehead atoms. The van der Waals surface area contributed by atoms with E-state index in [9.17, 15) is 5.11 Å². The standard InChI is InChI=1S/C11H16O3/c1-7-10(13-3)5-9(8(2)12)6-11(7)14-4/h5-6,8,12H,1-4H3/t8-/m1/s1. The third-order valence-corrected chi connectivity index (χ3v) is 2.26. The van der Waals surface area contributed by atoms with E-state index >= 15 is 0 Å². The first-order chi connectivity index (χ1) is 6.60. The predicted molar refractivity (Wildman–Crippen MR) is 54.9 cm³/mol. The number of rotatable bonds is 3. The second kappa shape index (κ2) is 4.33. The van der Waals surface area contributed by atoms with Gasteiger partial charge in [-0.1, -0.05) is 0 Å². The number of benzene rings is 1. The lowest BCUT2D eigenvalue weighted by molar-refractivity contribution is 0.198. The number of methoxy groups -OCH3 is 2. The smallest absolute Gasteiger partial charge is 0.125 e. The van der Waals surface area contributed by atoms with Crippen molar-refractivity contribution in [1.29, 1.82) is 0 Å². The quantitative estimate of drug-likeness (QED) is 0.804. The Morgan fingerprint density at radius 3 is 1.86 bits per heavy atom. The van der Waals surface area contributed by atoms with Crippen LogP contribution in [0.4, 0.5) is 0 Å². The van der Waals surface area contributed by atoms with Crippen molar-refractivity contribution >= 4 is 0 Å². The van der Waals surface area contributed by atoms with Gasteiger partial charge in [0.05, 0.1) is 20.3 Å². The first-order valence-electron chi connectivity index (χ1n) is 4.50. The molecule has 1 N–H and O–H groups in total. The van der Waals surface area contributed by atoms with Crippen molar-refractivity contribution in [2.45, 2.75) is 20.0 Å². The van der Waals surface area contributed by atoms with E-state index in [0.717, 1.165) is 22.6 Å². The summed E-state index contributed by atoms with van der Waals surface area (Å²) in [5.74, 6) is 1.47. The molecule has 1 rings (SSSR count). The summed E-state index contributed by atoms with van der Waals surface area (Å²) < 4.78 is 10.4. The first kappa shape index (κ1) is 10.9. The molecule has 0 aromatic heterocycles. The average molecular weight is 196 g/mol. The van der Waals surface area contributed by atoms with Crippen molar-refractivity contribution in [2.24, 2.45) is 0 Å². The number of hydrogen-bond donors (Lipinski definition) is 1. The Hall–Kier alpha value is -1.22. The molecule has 3 nitrogen and oxygen atoms in total. The Kier molecular flexibility index (Phi) is 3.36. The molecule has 0 fully saturated rings. The summed E-state index contributed by atoms with van der Waals surface area (Å²) in [5.41, 5.74) is 1.74. The topological polar surface area (TPSA) is 38.7 Å². The van der Waals surface area contributed by atoms with E-state index in [1.54, 1.807) is 21.1 Å². The van der Waals surface area contributed by atoms with Gasteiger partial charge in [-0.15, -0.1) is 0 Å². The van der Waals surface area contributed by atoms with Crippen LogP contribution in [0.15, 0.2) is 12.1 Å². The molecule has 1 aromatic rings. The van der Waals surface area contributed by atoms with Gasteiger partial charge in [0.15, 0.2) is 0 Å². The summed E-state index contributed by atoms with van der Waals surface area (Å²) in [6.45, 7) is 3.63. The SMILES string of the molecule is COc1cc([C@@H](C)O)cc(OC)c1C. The van der Waals surface area contributed by atoms with Crippen molar-refractivity contribution in [3.8, 4) is 11.5 Å². The fourth-order valence-corrected chi connectivity index (χ4v) is 1.35. The van der Waals surface area contributed by atoms with E-state index in [-0.39, 0.29) is 0 Å². The predicted octanol–water partition coefficient (Wildman–Crippen LogP) is 2.07. The zero-order valence-electron chi connectivity index (χ0n) is 9.00. The Morgan fingerprint density at radius 1 is 1.14 bits per heavy atom. The fourth-order valence-electron chi connectivity index (χ4n) is 1.35. The van der Waals surface area contributed by atoms with E-state index in [1.165, 1.54) is 0 Å². The maximum atomic E-state index is 9.44. The van der Waals surface area contributed by atoms with E-state index in [0.29, 0.717) is 0 Å². The molecule has 0 aliphatic carbocycles. The molecule has 0 heterocycles. The van der Waals surface area contributed by atoms with Crippen LogP contribution in [0, 0.1) is 6.92 Å². The van der Waals surface area contributed by atoms with Crippen molar-refractivity contribution in [1.82, 2.24) is 0 Å². The lowest BCUT2D eigenvalue weighted by atomic mass is 10.1. The summed E-state index contributed by atoms with van der Waals surface area (Å²) >= 11 is 0. The van der Waals surface area contributed by atoms with Gasteiger partial charge in [-0.25, -0.2) is 0 Å². The third-order valence-electron chi connectivity index (χ3n) is 2.26. The summed E-state index contributed by atoms with van der Waals surface area (Å²) in [4.78, 5) is 0. The molecule has 0 unspecified atom stereocenters. The number of aliphatic hydroxyl groups excluding tert-OH is 1. The molecule has 0 aliphatic rings. The molecule has 0 spiro atoms. The van der Waals surface area contributed by atoms with Crippen LogP contribution in [0.2, 0.25) is 0 Å². The van der Waals surface area contributed by atoms with Crippen LogP contribution >= 0.6 is 0 Å². The molecule has 1 aromatic carbocycles. The lowest BCUT2D eigenvalue weighted by Crippen LogP contribution is -1.97. The molecule has 0 saturated heterocycles. The Morgan fingerprint density at radius 2 is 1.57 bits per heavy atom. The second-order valence-electron chi connectivity index (χ2n) is 3.23. The van der Waals surface area contributed by atoms with Crippen molar-refractivity contribution < 1.29 is 14.6 Å². The van der Waals surface area contributed by atoms with E-state index in [2.05, 4.69) is 0 Å². The summed E-state index contributed by atoms with van der Waals surface area (Å²) in [7, 11) is 3.21. The molecule has 78 valence electrons. The maximum absolute atomic E-state index is 9.44. The lowest BCUT2D eigenvalue weighted by Gasteiger charge is -2.13. The molecule has 0 amide bonds. The highest BCUT2D eigenvalue weighted by Gasteiger charge is 2.10. The van der Waals surface area contributed by atoms with Gasteiger partial charge in [-0.3, -0.25) is 0 Å². The van der Waals surface area contributed by atoms with Gasteiger partial charge in [0.1, 0.15) is 11.5 Å². The second-order valence-corrected chi connectivity index (χ2v) is 3.23. The third kappa shape index (κ3) is 1.99. The minimum atomic E-state index is -0.515. The van der Waals surface area contributed by atoms with Crippen LogP contribution in [-0.4, -0.2) is 19.3 Å². The zero-order chi connectivity index (χ0) is 10.7. The van der Waals surface area contributed by atoms with Crippen LogP contribution in [0.3, 0.4) is 0 Å². The van der Waals surface area contributed by atoms with Crippen molar-refractivity contribution in [3.63, 3.8) is 0 Å². The van der Waals surface area contributed by atoms with Crippen LogP contribution in [-0.2, 0) is 0 Å². The molecule has 1 atom stereocenters. The number of hydrogen-bond acceptors (Lipinski definition) is 3. The van der Waals surface area contributed by atoms with Crippen LogP contribution in [0.1, 0.15) is 24.2 Å². The van der Waals surface area contributed by atoms with Gasteiger partial charge in [0.25, 0.3) is 0 Å². The highest BCUT2D eigenvalue weighted by Crippen LogP contribution is 2.31. The van der Waals surface area contributed by atoms with E-state index < -0.39 is 6.10 Å². The number of ether oxygens (including phenoxy) is 2. The highest BCUT2D eigenvalue weighted by atomic mass is 16.5. The van der Waals surface area contributed by atoms with Gasteiger partial charge >= 0.3 is 0 Å². The molecule has 0 aliphatic heterocycles. The first-order valence-corrected chi connectivity index (χ1v) is 4.50. The van der Waals surface area contributed by atoms with Gasteiger partial charge in [-0.05, 0) is 31.5 Å². The summed E-state index contributed by atoms with van der Waals surface area (Å²) in [5, 5.41) is 9.44. The van der Waals surface area contributed by atoms with Crippen LogP contribution in [0.25, 0.3) is 0 Å². The van der Waals surface area contributed by atoms with Crippen molar-refractivity contribution in [2.75, 3.05) is 14.2 Å². The molecule has 0 radical (unpaired) electrons. The van der Waals surface area contributed by atoms with Gasteiger partial charge < -0.3 is 14.6 Å². The number of aliphatic hydroxyl groups is 1. The van der Waals surface area contributed by atoms with Gasteiger partial charge in [-0.2, -0.15) is 0 Å². The average Bonchev–Trinajstić information content (AvgIpc) is 2.17. The fraction of sp³-hybridized carbons (Fsp3) is 0.455. The Balaban J connectivity index is 3.25. The van der Waals surface area contributed by atoms with E-state index in [1.807, 2.05) is 19.1 Å². The zero-order valence-corrected chi connectivity index (χ0v) is 9.00. The van der Waals surface area contributed by atoms with Gasteiger partial charge in [0.2, 0.25) is 0 Å². The minimum absolute atomic E-state index is 0.515. The van der Waals surface area contributed by atoms with Gasteiger partial charge in [0, 0.05) is 5.56 Å². The van der Waals surface area contributed by atoms with Crippen LogP contribution in [0.5, 0.6) is 11.5 Å². The van der Waals surface area contributed by atoms with Crippen molar-refractivity contribution in [3.05, 3.63) is 23.3 Å². The highest BCUT2D eigenvalue weighted by molar-refractivity contribution is 5.47. The Bertz CT molecular complexity index is 293. The molecule has 14 heavy (non-hydrogen) atoms. The van der Waals surface area contributed by atoms with E-state index in [4.69, 9.17) is 9.47 Å². The Labute approximate surface area is 84.3 Å². The monoisotopic (exact) mass is 196 g/mol. The largest absolute Gasteiger partial charge is 0.496 e. The van der Waals surface area contributed by atoms with Crippen LogP contribution < -0.4 is 9.47 Å². The molecule has 3 heteroatoms. The summed E-state index contributed by atoms with van der Waals surface area (Å²) in [6.07, 6.45) is -0.515. The summed E-state index contributed by atoms with van der Waals surface area (Å²) in [6, 6.07) is 3.64. The normalized spacial score (nSPS) is 12.4. The molecule has 0 saturated carbocycles.